The molecule has 0 spiro atoms. The summed E-state index contributed by atoms with van der Waals surface area (Å²) in [7, 11) is 0. The van der Waals surface area contributed by atoms with E-state index in [4.69, 9.17) is 17.3 Å². The molecule has 3 N–H and O–H groups in total. The summed E-state index contributed by atoms with van der Waals surface area (Å²) in [6, 6.07) is 6.06. The van der Waals surface area contributed by atoms with Crippen molar-refractivity contribution in [1.82, 2.24) is 4.98 Å². The third-order valence-corrected chi connectivity index (χ3v) is 4.43. The Labute approximate surface area is 132 Å². The number of nitrogens with one attached hydrogen (secondary N) is 1. The Kier molecular flexibility index (Phi) is 4.26. The van der Waals surface area contributed by atoms with Crippen LogP contribution < -0.4 is 16.1 Å². The van der Waals surface area contributed by atoms with Crippen LogP contribution in [0.3, 0.4) is 0 Å². The van der Waals surface area contributed by atoms with Gasteiger partial charge in [0.15, 0.2) is 0 Å². The van der Waals surface area contributed by atoms with Crippen LogP contribution in [0.15, 0.2) is 28.7 Å². The van der Waals surface area contributed by atoms with E-state index in [1.807, 2.05) is 12.1 Å². The van der Waals surface area contributed by atoms with E-state index in [1.165, 1.54) is 29.9 Å². The van der Waals surface area contributed by atoms with Crippen LogP contribution >= 0.6 is 22.9 Å². The van der Waals surface area contributed by atoms with E-state index in [-0.39, 0.29) is 0 Å². The highest BCUT2D eigenvalue weighted by atomic mass is 35.5. The number of halogens is 1. The largest absolute Gasteiger partial charge is 0.383 e. The van der Waals surface area contributed by atoms with Crippen LogP contribution in [0.2, 0.25) is 5.02 Å². The zero-order valence-corrected chi connectivity index (χ0v) is 13.0. The molecule has 1 aliphatic rings. The quantitative estimate of drug-likeness (QED) is 0.669. The average molecular weight is 322 g/mol. The molecule has 1 aromatic carbocycles. The molecule has 2 heterocycles. The fourth-order valence-corrected chi connectivity index (χ4v) is 3.06. The van der Waals surface area contributed by atoms with Gasteiger partial charge in [0.2, 0.25) is 5.13 Å². The number of hydrogen-bond acceptors (Lipinski definition) is 6. The molecule has 0 atom stereocenters. The molecule has 1 fully saturated rings. The van der Waals surface area contributed by atoms with Gasteiger partial charge >= 0.3 is 0 Å². The molecule has 0 aliphatic carbocycles. The monoisotopic (exact) mass is 321 g/mol. The van der Waals surface area contributed by atoms with Crippen molar-refractivity contribution in [3.63, 3.8) is 0 Å². The summed E-state index contributed by atoms with van der Waals surface area (Å²) >= 11 is 7.72. The number of aromatic nitrogens is 1. The van der Waals surface area contributed by atoms with Crippen LogP contribution in [0.25, 0.3) is 0 Å². The standard InChI is InChI=1S/C14H16ClN5S/c15-12-7-11(20-5-1-2-6-20)4-3-10(12)8-17-19-14-18-13(16)9-21-14/h3-4,7-9H,1-2,5-6,16H2,(H,18,19). The Bertz CT molecular complexity index is 649. The predicted molar refractivity (Wildman–Crippen MR) is 90.6 cm³/mol. The molecule has 110 valence electrons. The number of thiazole rings is 1. The minimum Gasteiger partial charge on any atom is -0.383 e. The summed E-state index contributed by atoms with van der Waals surface area (Å²) in [4.78, 5) is 6.41. The number of nitrogens with two attached hydrogens (primary N) is 1. The molecule has 1 saturated heterocycles. The van der Waals surface area contributed by atoms with Gasteiger partial charge in [-0.3, -0.25) is 5.43 Å². The topological polar surface area (TPSA) is 66.5 Å². The molecule has 0 unspecified atom stereocenters. The van der Waals surface area contributed by atoms with E-state index in [1.54, 1.807) is 11.6 Å². The highest BCUT2D eigenvalue weighted by molar-refractivity contribution is 7.14. The highest BCUT2D eigenvalue weighted by Gasteiger charge is 2.13. The average Bonchev–Trinajstić information content (AvgIpc) is 3.12. The zero-order chi connectivity index (χ0) is 14.7. The molecule has 1 aliphatic heterocycles. The second-order valence-corrected chi connectivity index (χ2v) is 6.11. The summed E-state index contributed by atoms with van der Waals surface area (Å²) in [5, 5.41) is 7.25. The molecule has 21 heavy (non-hydrogen) atoms. The summed E-state index contributed by atoms with van der Waals surface area (Å²) in [5.41, 5.74) is 10.4. The van der Waals surface area contributed by atoms with Gasteiger partial charge in [-0.1, -0.05) is 11.6 Å². The minimum absolute atomic E-state index is 0.491. The summed E-state index contributed by atoms with van der Waals surface area (Å²) in [5.74, 6) is 0.491. The molecule has 1 aromatic heterocycles. The second-order valence-electron chi connectivity index (χ2n) is 4.85. The van der Waals surface area contributed by atoms with Crippen LogP contribution in [-0.4, -0.2) is 24.3 Å². The Morgan fingerprint density at radius 2 is 2.19 bits per heavy atom. The molecular formula is C14H16ClN5S. The molecule has 0 bridgehead atoms. The highest BCUT2D eigenvalue weighted by Crippen LogP contribution is 2.25. The maximum atomic E-state index is 6.31. The number of rotatable bonds is 4. The van der Waals surface area contributed by atoms with E-state index in [2.05, 4.69) is 26.5 Å². The number of anilines is 3. The van der Waals surface area contributed by atoms with Gasteiger partial charge in [0.25, 0.3) is 0 Å². The molecule has 5 nitrogen and oxygen atoms in total. The first-order valence-corrected chi connectivity index (χ1v) is 8.03. The lowest BCUT2D eigenvalue weighted by Crippen LogP contribution is -2.17. The maximum Gasteiger partial charge on any atom is 0.205 e. The Hall–Kier alpha value is -1.79. The number of nitrogen functional groups attached to an aromatic ring is 1. The van der Waals surface area contributed by atoms with Gasteiger partial charge in [0, 0.05) is 29.7 Å². The Balaban J connectivity index is 1.67. The van der Waals surface area contributed by atoms with Crippen molar-refractivity contribution in [3.8, 4) is 0 Å². The molecule has 0 radical (unpaired) electrons. The van der Waals surface area contributed by atoms with Gasteiger partial charge in [0.1, 0.15) is 5.82 Å². The van der Waals surface area contributed by atoms with E-state index >= 15 is 0 Å². The van der Waals surface area contributed by atoms with Crippen LogP contribution in [0, 0.1) is 0 Å². The third-order valence-electron chi connectivity index (χ3n) is 3.34. The number of benzene rings is 1. The van der Waals surface area contributed by atoms with Crippen molar-refractivity contribution in [2.75, 3.05) is 29.1 Å². The van der Waals surface area contributed by atoms with Crippen molar-refractivity contribution in [3.05, 3.63) is 34.2 Å². The molecule has 2 aromatic rings. The third kappa shape index (κ3) is 3.46. The molecule has 0 amide bonds. The summed E-state index contributed by atoms with van der Waals surface area (Å²) < 4.78 is 0. The number of nitrogens with zero attached hydrogens (tertiary/aromatic N) is 3. The van der Waals surface area contributed by atoms with Crippen LogP contribution in [0.5, 0.6) is 0 Å². The molecule has 7 heteroatoms. The van der Waals surface area contributed by atoms with Crippen molar-refractivity contribution >= 4 is 45.8 Å². The van der Waals surface area contributed by atoms with Crippen molar-refractivity contribution < 1.29 is 0 Å². The molecule has 3 rings (SSSR count). The Morgan fingerprint density at radius 1 is 1.38 bits per heavy atom. The summed E-state index contributed by atoms with van der Waals surface area (Å²) in [6.07, 6.45) is 4.19. The van der Waals surface area contributed by atoms with Gasteiger partial charge in [-0.25, -0.2) is 4.98 Å². The van der Waals surface area contributed by atoms with Crippen molar-refractivity contribution in [1.29, 1.82) is 0 Å². The predicted octanol–water partition coefficient (Wildman–Crippen LogP) is 3.42. The van der Waals surface area contributed by atoms with Crippen LogP contribution in [0.4, 0.5) is 16.6 Å². The lowest BCUT2D eigenvalue weighted by atomic mass is 10.2. The van der Waals surface area contributed by atoms with E-state index in [0.717, 1.165) is 18.7 Å². The fourth-order valence-electron chi connectivity index (χ4n) is 2.29. The van der Waals surface area contributed by atoms with E-state index in [9.17, 15) is 0 Å². The smallest absolute Gasteiger partial charge is 0.205 e. The van der Waals surface area contributed by atoms with Gasteiger partial charge < -0.3 is 10.6 Å². The lowest BCUT2D eigenvalue weighted by molar-refractivity contribution is 0.949. The van der Waals surface area contributed by atoms with Gasteiger partial charge in [0.05, 0.1) is 11.2 Å². The molecule has 0 saturated carbocycles. The van der Waals surface area contributed by atoms with Crippen LogP contribution in [0.1, 0.15) is 18.4 Å². The fraction of sp³-hybridized carbons (Fsp3) is 0.286. The van der Waals surface area contributed by atoms with E-state index < -0.39 is 0 Å². The maximum absolute atomic E-state index is 6.31. The van der Waals surface area contributed by atoms with Gasteiger partial charge in [-0.2, -0.15) is 5.10 Å². The first-order valence-electron chi connectivity index (χ1n) is 6.77. The van der Waals surface area contributed by atoms with E-state index in [0.29, 0.717) is 16.0 Å². The lowest BCUT2D eigenvalue weighted by Gasteiger charge is -2.18. The summed E-state index contributed by atoms with van der Waals surface area (Å²) in [6.45, 7) is 2.22. The first kappa shape index (κ1) is 14.2. The van der Waals surface area contributed by atoms with Crippen molar-refractivity contribution in [2.45, 2.75) is 12.8 Å². The zero-order valence-electron chi connectivity index (χ0n) is 11.4. The number of hydrogen-bond donors (Lipinski definition) is 2. The molecular weight excluding hydrogens is 306 g/mol. The minimum atomic E-state index is 0.491. The second kappa shape index (κ2) is 6.32. The normalized spacial score (nSPS) is 15.0. The van der Waals surface area contributed by atoms with Gasteiger partial charge in [-0.15, -0.1) is 11.3 Å². The first-order chi connectivity index (χ1) is 10.2. The van der Waals surface area contributed by atoms with Gasteiger partial charge in [-0.05, 0) is 31.0 Å². The SMILES string of the molecule is Nc1csc(NN=Cc2ccc(N3CCCC3)cc2Cl)n1. The Morgan fingerprint density at radius 3 is 2.86 bits per heavy atom. The number of hydrazone groups is 1. The van der Waals surface area contributed by atoms with Crippen molar-refractivity contribution in [2.24, 2.45) is 5.10 Å². The van der Waals surface area contributed by atoms with Crippen LogP contribution in [-0.2, 0) is 0 Å².